The summed E-state index contributed by atoms with van der Waals surface area (Å²) in [4.78, 5) is 26.4. The molecular weight excluding hydrogens is 342 g/mol. The maximum absolute atomic E-state index is 12.4. The molecule has 0 spiro atoms. The van der Waals surface area contributed by atoms with E-state index in [-0.39, 0.29) is 24.4 Å². The number of carbonyl (C=O) groups is 2. The summed E-state index contributed by atoms with van der Waals surface area (Å²) in [5, 5.41) is 5.79. The first-order valence-corrected chi connectivity index (χ1v) is 9.29. The fourth-order valence-corrected chi connectivity index (χ4v) is 3.24. The predicted octanol–water partition coefficient (Wildman–Crippen LogP) is 3.57. The summed E-state index contributed by atoms with van der Waals surface area (Å²) in [7, 11) is 0. The first-order chi connectivity index (χ1) is 13.1. The van der Waals surface area contributed by atoms with Gasteiger partial charge in [-0.25, -0.2) is 4.79 Å². The van der Waals surface area contributed by atoms with Crippen LogP contribution in [0.3, 0.4) is 0 Å². The zero-order chi connectivity index (χ0) is 19.2. The van der Waals surface area contributed by atoms with Crippen molar-refractivity contribution in [3.63, 3.8) is 0 Å². The summed E-state index contributed by atoms with van der Waals surface area (Å²) in [5.41, 5.74) is 2.68. The zero-order valence-corrected chi connectivity index (χ0v) is 15.7. The van der Waals surface area contributed by atoms with Gasteiger partial charge in [0.1, 0.15) is 5.75 Å². The molecule has 0 radical (unpaired) electrons. The van der Waals surface area contributed by atoms with Gasteiger partial charge < -0.3 is 20.3 Å². The maximum atomic E-state index is 12.4. The Balaban J connectivity index is 1.59. The third-order valence-electron chi connectivity index (χ3n) is 4.57. The van der Waals surface area contributed by atoms with Crippen LogP contribution in [0.1, 0.15) is 25.8 Å². The quantitative estimate of drug-likeness (QED) is 0.820. The average Bonchev–Trinajstić information content (AvgIpc) is 3.03. The number of aryl methyl sites for hydroxylation is 1. The number of hydrogen-bond donors (Lipinski definition) is 2. The number of carbonyl (C=O) groups excluding carboxylic acids is 2. The van der Waals surface area contributed by atoms with Crippen LogP contribution >= 0.6 is 0 Å². The van der Waals surface area contributed by atoms with Crippen molar-refractivity contribution in [1.29, 1.82) is 0 Å². The minimum absolute atomic E-state index is 0.00146. The van der Waals surface area contributed by atoms with E-state index in [4.69, 9.17) is 4.74 Å². The Labute approximate surface area is 159 Å². The SMILES string of the molecule is CCOc1ccc(N2CC(NC(=O)Nc3ccccc3CC)CC2=O)cc1. The summed E-state index contributed by atoms with van der Waals surface area (Å²) < 4.78 is 5.43. The summed E-state index contributed by atoms with van der Waals surface area (Å²) in [5.74, 6) is 0.773. The van der Waals surface area contributed by atoms with Gasteiger partial charge in [-0.2, -0.15) is 0 Å². The summed E-state index contributed by atoms with van der Waals surface area (Å²) >= 11 is 0. The van der Waals surface area contributed by atoms with Crippen LogP contribution in [0.25, 0.3) is 0 Å². The number of amides is 3. The van der Waals surface area contributed by atoms with Crippen molar-refractivity contribution in [2.24, 2.45) is 0 Å². The minimum Gasteiger partial charge on any atom is -0.494 e. The monoisotopic (exact) mass is 367 g/mol. The van der Waals surface area contributed by atoms with Gasteiger partial charge in [0.15, 0.2) is 0 Å². The Morgan fingerprint density at radius 3 is 2.59 bits per heavy atom. The molecule has 0 aliphatic carbocycles. The van der Waals surface area contributed by atoms with Crippen molar-refractivity contribution in [2.75, 3.05) is 23.4 Å². The van der Waals surface area contributed by atoms with Gasteiger partial charge in [0, 0.05) is 24.3 Å². The molecule has 1 aliphatic heterocycles. The molecule has 1 atom stereocenters. The lowest BCUT2D eigenvalue weighted by molar-refractivity contribution is -0.117. The Bertz CT molecular complexity index is 805. The van der Waals surface area contributed by atoms with Gasteiger partial charge in [-0.05, 0) is 49.2 Å². The molecule has 2 N–H and O–H groups in total. The number of hydrogen-bond acceptors (Lipinski definition) is 3. The van der Waals surface area contributed by atoms with Gasteiger partial charge in [0.25, 0.3) is 0 Å². The number of para-hydroxylation sites is 1. The number of benzene rings is 2. The maximum Gasteiger partial charge on any atom is 0.319 e. The fraction of sp³-hybridized carbons (Fsp3) is 0.333. The summed E-state index contributed by atoms with van der Waals surface area (Å²) in [6.45, 7) is 5.03. The van der Waals surface area contributed by atoms with Gasteiger partial charge in [-0.15, -0.1) is 0 Å². The number of anilines is 2. The molecular formula is C21H25N3O3. The van der Waals surface area contributed by atoms with Crippen LogP contribution in [-0.2, 0) is 11.2 Å². The zero-order valence-electron chi connectivity index (χ0n) is 15.7. The molecule has 0 saturated carbocycles. The molecule has 3 rings (SSSR count). The van der Waals surface area contributed by atoms with E-state index >= 15 is 0 Å². The smallest absolute Gasteiger partial charge is 0.319 e. The first kappa shape index (κ1) is 18.8. The second-order valence-corrected chi connectivity index (χ2v) is 6.44. The number of nitrogens with one attached hydrogen (secondary N) is 2. The van der Waals surface area contributed by atoms with Crippen molar-refractivity contribution in [1.82, 2.24) is 5.32 Å². The molecule has 2 aromatic rings. The highest BCUT2D eigenvalue weighted by molar-refractivity contribution is 5.97. The molecule has 0 aromatic heterocycles. The van der Waals surface area contributed by atoms with Crippen LogP contribution in [0.2, 0.25) is 0 Å². The Morgan fingerprint density at radius 2 is 1.89 bits per heavy atom. The number of nitrogens with zero attached hydrogens (tertiary/aromatic N) is 1. The van der Waals surface area contributed by atoms with Crippen LogP contribution in [0.5, 0.6) is 5.75 Å². The van der Waals surface area contributed by atoms with E-state index in [1.807, 2.05) is 62.4 Å². The molecule has 3 amide bonds. The molecule has 2 aromatic carbocycles. The van der Waals surface area contributed by atoms with Gasteiger partial charge in [-0.1, -0.05) is 25.1 Å². The Kier molecular flexibility index (Phi) is 5.96. The second-order valence-electron chi connectivity index (χ2n) is 6.44. The number of urea groups is 1. The van der Waals surface area contributed by atoms with E-state index in [0.717, 1.165) is 29.1 Å². The minimum atomic E-state index is -0.290. The van der Waals surface area contributed by atoms with E-state index in [1.54, 1.807) is 4.90 Å². The molecule has 1 aliphatic rings. The average molecular weight is 367 g/mol. The number of rotatable bonds is 6. The molecule has 1 unspecified atom stereocenters. The van der Waals surface area contributed by atoms with E-state index < -0.39 is 0 Å². The highest BCUT2D eigenvalue weighted by atomic mass is 16.5. The highest BCUT2D eigenvalue weighted by Gasteiger charge is 2.31. The second kappa shape index (κ2) is 8.58. The standard InChI is InChI=1S/C21H25N3O3/c1-3-15-7-5-6-8-19(15)23-21(26)22-16-13-20(25)24(14-16)17-9-11-18(12-10-17)27-4-2/h5-12,16H,3-4,13-14H2,1-2H3,(H2,22,23,26). The van der Waals surface area contributed by atoms with Crippen molar-refractivity contribution >= 4 is 23.3 Å². The van der Waals surface area contributed by atoms with Gasteiger partial charge in [0.05, 0.1) is 12.6 Å². The third-order valence-corrected chi connectivity index (χ3v) is 4.57. The van der Waals surface area contributed by atoms with E-state index in [2.05, 4.69) is 10.6 Å². The molecule has 142 valence electrons. The van der Waals surface area contributed by atoms with E-state index in [9.17, 15) is 9.59 Å². The van der Waals surface area contributed by atoms with Crippen molar-refractivity contribution in [3.05, 3.63) is 54.1 Å². The molecule has 0 bridgehead atoms. The van der Waals surface area contributed by atoms with Crippen LogP contribution < -0.4 is 20.3 Å². The van der Waals surface area contributed by atoms with Crippen LogP contribution in [-0.4, -0.2) is 31.1 Å². The van der Waals surface area contributed by atoms with Crippen molar-refractivity contribution < 1.29 is 14.3 Å². The largest absolute Gasteiger partial charge is 0.494 e. The number of ether oxygens (including phenoxy) is 1. The molecule has 1 fully saturated rings. The lowest BCUT2D eigenvalue weighted by atomic mass is 10.1. The Hall–Kier alpha value is -3.02. The van der Waals surface area contributed by atoms with E-state index in [1.165, 1.54) is 0 Å². The van der Waals surface area contributed by atoms with Crippen LogP contribution in [0, 0.1) is 0 Å². The fourth-order valence-electron chi connectivity index (χ4n) is 3.24. The summed E-state index contributed by atoms with van der Waals surface area (Å²) in [6, 6.07) is 14.6. The molecule has 27 heavy (non-hydrogen) atoms. The topological polar surface area (TPSA) is 70.7 Å². The highest BCUT2D eigenvalue weighted by Crippen LogP contribution is 2.24. The van der Waals surface area contributed by atoms with Crippen molar-refractivity contribution in [3.8, 4) is 5.75 Å². The molecule has 1 heterocycles. The van der Waals surface area contributed by atoms with Crippen molar-refractivity contribution in [2.45, 2.75) is 32.7 Å². The molecule has 1 saturated heterocycles. The lowest BCUT2D eigenvalue weighted by Gasteiger charge is -2.18. The van der Waals surface area contributed by atoms with Crippen LogP contribution in [0.15, 0.2) is 48.5 Å². The third kappa shape index (κ3) is 4.58. The van der Waals surface area contributed by atoms with Gasteiger partial charge >= 0.3 is 6.03 Å². The normalized spacial score (nSPS) is 16.3. The van der Waals surface area contributed by atoms with Gasteiger partial charge in [-0.3, -0.25) is 4.79 Å². The first-order valence-electron chi connectivity index (χ1n) is 9.29. The molecule has 6 nitrogen and oxygen atoms in total. The predicted molar refractivity (Wildman–Crippen MR) is 106 cm³/mol. The molecule has 6 heteroatoms. The van der Waals surface area contributed by atoms with E-state index in [0.29, 0.717) is 13.2 Å². The Morgan fingerprint density at radius 1 is 1.15 bits per heavy atom. The summed E-state index contributed by atoms with van der Waals surface area (Å²) in [6.07, 6.45) is 1.12. The van der Waals surface area contributed by atoms with Gasteiger partial charge in [0.2, 0.25) is 5.91 Å². The van der Waals surface area contributed by atoms with Crippen LogP contribution in [0.4, 0.5) is 16.2 Å². The lowest BCUT2D eigenvalue weighted by Crippen LogP contribution is -2.39.